The van der Waals surface area contributed by atoms with Gasteiger partial charge in [-0.05, 0) is 25.5 Å². The molecule has 0 amide bonds. The predicted octanol–water partition coefficient (Wildman–Crippen LogP) is 3.62. The van der Waals surface area contributed by atoms with Crippen LogP contribution in [0.25, 0.3) is 17.0 Å². The van der Waals surface area contributed by atoms with Crippen LogP contribution in [-0.2, 0) is 4.79 Å². The number of fused-ring (bicyclic) bond motifs is 1. The Morgan fingerprint density at radius 2 is 2.18 bits per heavy atom. The predicted molar refractivity (Wildman–Crippen MR) is 69.3 cm³/mol. The number of aromatic nitrogens is 1. The average molecular weight is 250 g/mol. The van der Waals surface area contributed by atoms with Crippen molar-refractivity contribution in [2.24, 2.45) is 0 Å². The maximum Gasteiger partial charge on any atom is 0.331 e. The van der Waals surface area contributed by atoms with Gasteiger partial charge >= 0.3 is 5.97 Å². The number of aromatic amines is 1. The summed E-state index contributed by atoms with van der Waals surface area (Å²) in [5.74, 6) is -0.942. The summed E-state index contributed by atoms with van der Waals surface area (Å²) >= 11 is 6.10. The van der Waals surface area contributed by atoms with Crippen LogP contribution in [0.1, 0.15) is 18.1 Å². The molecular formula is C13H12ClNO2. The van der Waals surface area contributed by atoms with Crippen LogP contribution in [0.3, 0.4) is 0 Å². The third-order valence-electron chi connectivity index (χ3n) is 2.73. The number of benzene rings is 1. The standard InChI is InChI=1S/C13H12ClNO2/c1-7-4-3-5-9-10(6-8(2)13(16)17)12(14)15-11(7)9/h3-6,15H,1-2H3,(H,16,17)/b8-6+. The van der Waals surface area contributed by atoms with E-state index in [-0.39, 0.29) is 5.57 Å². The van der Waals surface area contributed by atoms with Crippen molar-refractivity contribution in [1.29, 1.82) is 0 Å². The molecule has 1 heterocycles. The summed E-state index contributed by atoms with van der Waals surface area (Å²) in [5, 5.41) is 10.3. The Hall–Kier alpha value is -1.74. The molecule has 0 fully saturated rings. The van der Waals surface area contributed by atoms with Gasteiger partial charge in [0.25, 0.3) is 0 Å². The van der Waals surface area contributed by atoms with Crippen molar-refractivity contribution in [2.45, 2.75) is 13.8 Å². The van der Waals surface area contributed by atoms with Gasteiger partial charge in [-0.25, -0.2) is 4.79 Å². The fraction of sp³-hybridized carbons (Fsp3) is 0.154. The number of aliphatic carboxylic acids is 1. The van der Waals surface area contributed by atoms with Crippen LogP contribution in [0.15, 0.2) is 23.8 Å². The monoisotopic (exact) mass is 249 g/mol. The molecule has 0 unspecified atom stereocenters. The Morgan fingerprint density at radius 3 is 2.82 bits per heavy atom. The van der Waals surface area contributed by atoms with E-state index in [0.29, 0.717) is 5.15 Å². The van der Waals surface area contributed by atoms with Crippen molar-refractivity contribution in [3.8, 4) is 0 Å². The van der Waals surface area contributed by atoms with Gasteiger partial charge < -0.3 is 10.1 Å². The molecule has 4 heteroatoms. The number of aryl methyl sites for hydroxylation is 1. The molecule has 0 atom stereocenters. The van der Waals surface area contributed by atoms with Crippen molar-refractivity contribution in [3.63, 3.8) is 0 Å². The number of carboxylic acids is 1. The second-order valence-electron chi connectivity index (χ2n) is 3.98. The summed E-state index contributed by atoms with van der Waals surface area (Å²) in [6.45, 7) is 3.53. The zero-order valence-electron chi connectivity index (χ0n) is 9.54. The molecule has 2 aromatic rings. The minimum atomic E-state index is -0.942. The smallest absolute Gasteiger partial charge is 0.331 e. The van der Waals surface area contributed by atoms with Crippen LogP contribution in [0, 0.1) is 6.92 Å². The molecule has 0 bridgehead atoms. The number of carbonyl (C=O) groups is 1. The van der Waals surface area contributed by atoms with Crippen LogP contribution in [0.5, 0.6) is 0 Å². The van der Waals surface area contributed by atoms with Crippen molar-refractivity contribution in [2.75, 3.05) is 0 Å². The highest BCUT2D eigenvalue weighted by Crippen LogP contribution is 2.29. The molecule has 0 aliphatic heterocycles. The summed E-state index contributed by atoms with van der Waals surface area (Å²) < 4.78 is 0. The van der Waals surface area contributed by atoms with Gasteiger partial charge in [0.2, 0.25) is 0 Å². The minimum absolute atomic E-state index is 0.259. The summed E-state index contributed by atoms with van der Waals surface area (Å²) in [7, 11) is 0. The maximum atomic E-state index is 10.8. The van der Waals surface area contributed by atoms with Gasteiger partial charge in [-0.15, -0.1) is 0 Å². The molecule has 0 aliphatic rings. The molecular weight excluding hydrogens is 238 g/mol. The van der Waals surface area contributed by atoms with Crippen molar-refractivity contribution < 1.29 is 9.90 Å². The third-order valence-corrected chi connectivity index (χ3v) is 3.03. The largest absolute Gasteiger partial charge is 0.478 e. The Bertz CT molecular complexity index is 626. The molecule has 17 heavy (non-hydrogen) atoms. The maximum absolute atomic E-state index is 10.8. The van der Waals surface area contributed by atoms with Crippen molar-refractivity contribution in [1.82, 2.24) is 4.98 Å². The molecule has 1 aromatic carbocycles. The van der Waals surface area contributed by atoms with E-state index < -0.39 is 5.97 Å². The van der Waals surface area contributed by atoms with Gasteiger partial charge in [-0.2, -0.15) is 0 Å². The van der Waals surface area contributed by atoms with Crippen LogP contribution in [0.2, 0.25) is 5.15 Å². The molecule has 0 spiro atoms. The Balaban J connectivity index is 2.70. The average Bonchev–Trinajstić information content (AvgIpc) is 2.58. The normalized spacial score (nSPS) is 12.1. The Morgan fingerprint density at radius 1 is 1.47 bits per heavy atom. The van der Waals surface area contributed by atoms with Gasteiger partial charge in [0.1, 0.15) is 5.15 Å². The van der Waals surface area contributed by atoms with Gasteiger partial charge in [-0.3, -0.25) is 0 Å². The lowest BCUT2D eigenvalue weighted by molar-refractivity contribution is -0.132. The number of para-hydroxylation sites is 1. The fourth-order valence-corrected chi connectivity index (χ4v) is 2.02. The first-order valence-corrected chi connectivity index (χ1v) is 5.57. The molecule has 2 rings (SSSR count). The summed E-state index contributed by atoms with van der Waals surface area (Å²) in [4.78, 5) is 13.9. The first-order valence-electron chi connectivity index (χ1n) is 5.19. The van der Waals surface area contributed by atoms with E-state index >= 15 is 0 Å². The first kappa shape index (κ1) is 11.7. The second kappa shape index (κ2) is 4.26. The summed E-state index contributed by atoms with van der Waals surface area (Å²) in [5.41, 5.74) is 3.01. The molecule has 3 nitrogen and oxygen atoms in total. The fourth-order valence-electron chi connectivity index (χ4n) is 1.77. The van der Waals surface area contributed by atoms with Crippen LogP contribution in [0.4, 0.5) is 0 Å². The zero-order valence-corrected chi connectivity index (χ0v) is 10.3. The molecule has 1 aromatic heterocycles. The molecule has 0 saturated carbocycles. The van der Waals surface area contributed by atoms with Crippen LogP contribution in [-0.4, -0.2) is 16.1 Å². The highest BCUT2D eigenvalue weighted by molar-refractivity contribution is 6.33. The van der Waals surface area contributed by atoms with Gasteiger partial charge in [-0.1, -0.05) is 29.8 Å². The van der Waals surface area contributed by atoms with Gasteiger partial charge in [0, 0.05) is 16.5 Å². The molecule has 88 valence electrons. The Labute approximate surface area is 104 Å². The van der Waals surface area contributed by atoms with E-state index in [4.69, 9.17) is 16.7 Å². The van der Waals surface area contributed by atoms with E-state index in [2.05, 4.69) is 4.98 Å². The van der Waals surface area contributed by atoms with E-state index in [1.54, 1.807) is 13.0 Å². The van der Waals surface area contributed by atoms with Crippen LogP contribution >= 0.6 is 11.6 Å². The molecule has 0 saturated heterocycles. The molecule has 0 radical (unpaired) electrons. The first-order chi connectivity index (χ1) is 8.00. The lowest BCUT2D eigenvalue weighted by Crippen LogP contribution is -1.95. The number of hydrogen-bond acceptors (Lipinski definition) is 1. The van der Waals surface area contributed by atoms with E-state index in [1.807, 2.05) is 25.1 Å². The highest BCUT2D eigenvalue weighted by atomic mass is 35.5. The lowest BCUT2D eigenvalue weighted by atomic mass is 10.1. The summed E-state index contributed by atoms with van der Waals surface area (Å²) in [6.07, 6.45) is 1.59. The van der Waals surface area contributed by atoms with Crippen molar-refractivity contribution >= 4 is 34.5 Å². The number of H-pyrrole nitrogens is 1. The van der Waals surface area contributed by atoms with E-state index in [9.17, 15) is 4.79 Å². The number of nitrogens with one attached hydrogen (secondary N) is 1. The number of hydrogen-bond donors (Lipinski definition) is 2. The highest BCUT2D eigenvalue weighted by Gasteiger charge is 2.10. The third kappa shape index (κ3) is 2.06. The van der Waals surface area contributed by atoms with Crippen LogP contribution < -0.4 is 0 Å². The minimum Gasteiger partial charge on any atom is -0.478 e. The van der Waals surface area contributed by atoms with Gasteiger partial charge in [0.15, 0.2) is 0 Å². The number of carboxylic acid groups (broad SMARTS) is 1. The topological polar surface area (TPSA) is 53.1 Å². The zero-order chi connectivity index (χ0) is 12.6. The molecule has 0 aliphatic carbocycles. The number of halogens is 1. The molecule has 2 N–H and O–H groups in total. The summed E-state index contributed by atoms with van der Waals surface area (Å²) in [6, 6.07) is 5.83. The Kier molecular flexibility index (Phi) is 2.94. The van der Waals surface area contributed by atoms with Gasteiger partial charge in [0.05, 0.1) is 5.52 Å². The quantitative estimate of drug-likeness (QED) is 0.799. The van der Waals surface area contributed by atoms with E-state index in [1.165, 1.54) is 0 Å². The second-order valence-corrected chi connectivity index (χ2v) is 4.36. The van der Waals surface area contributed by atoms with E-state index in [0.717, 1.165) is 22.0 Å². The van der Waals surface area contributed by atoms with Crippen molar-refractivity contribution in [3.05, 3.63) is 40.1 Å². The lowest BCUT2D eigenvalue weighted by Gasteiger charge is -1.96. The SMILES string of the molecule is C/C(=C\c1c(Cl)[nH]c2c(C)cccc12)C(=O)O. The number of rotatable bonds is 2.